The number of phenols is 3. The van der Waals surface area contributed by atoms with Crippen LogP contribution in [-0.2, 0) is 41.1 Å². The Kier molecular flexibility index (Phi) is 59.8. The molecule has 0 bridgehead atoms. The van der Waals surface area contributed by atoms with Crippen molar-refractivity contribution >= 4 is 106 Å². The van der Waals surface area contributed by atoms with Crippen LogP contribution in [0.1, 0.15) is 142 Å². The summed E-state index contributed by atoms with van der Waals surface area (Å²) in [5, 5.41) is 56.0. The number of ether oxygens (including phenoxy) is 4. The number of amidine groups is 3. The van der Waals surface area contributed by atoms with Crippen LogP contribution < -0.4 is 70.0 Å². The lowest BCUT2D eigenvalue weighted by molar-refractivity contribution is 0.0991. The molecule has 0 atom stereocenters. The fraction of sp³-hybridized carbons (Fsp3) is 0.196. The molecule has 23 N–H and O–H groups in total. The van der Waals surface area contributed by atoms with Crippen LogP contribution in [0, 0.1) is 102 Å². The zero-order chi connectivity index (χ0) is 114. The first-order chi connectivity index (χ1) is 70.2. The summed E-state index contributed by atoms with van der Waals surface area (Å²) in [5.41, 5.74) is 60.7. The second-order valence-corrected chi connectivity index (χ2v) is 39.5. The number of hydrogen-bond acceptors (Lipinski definition) is 24. The Hall–Kier alpha value is -15.9. The van der Waals surface area contributed by atoms with Gasteiger partial charge in [-0.1, -0.05) is 206 Å². The van der Waals surface area contributed by atoms with Crippen LogP contribution in [0.15, 0.2) is 316 Å². The standard InChI is InChI=1S/C9H12N2O.C9H11NO2.C9H12O3S.C8H9ClO2S.C8H10N2O.C8H10N2.C8H9NO2.2C8H9NO.C8H11N.2C8H10O2.C7H8ClNO2S.C6H6ClN/c1-7-4-3-5-8(6-7)9(10)11-12-2;1-6-3-4-7(12-2)5-8(6)9(10)11;1-7-4-5-8(12-2)6-9(7)13(3,10)11;1-6-5-7(9)3-4-8(6)12(2,10)11;1-6-3-2-4-7(5-6)8(9)10-11;1-6-3-2-4-7(5-6)8(9)10;1-5-4-6(8(9)11)2-3-7(5)10;1-6-3-2-4-7(5-6)8(9)10;1-6-4-2-3-5-7(6)8(9)10;1-7-3-2-4-8(5-7)6-9;1-6-3-4-7(10-2)5-8(6)9;1-6-3-4-8(10-2)7(9)5-6;1-5-4-6(8)2-3-7(5)12(9,10)11;1-5-2-3-6(7)4-8-5/h3-6H,1-2H3,(H2,10,11);3-5H,1-2H3,(H2,10,11);4-6H,1-3H3;3-5H,1-2H3;2-5,11H,1H3,(H2,9,10);2-5H,1H3,(H3,9,10);2-4,10H,1H3,(H2,9,11);2*2-5H,1H3,(H2,9,10);2-5H,6,9H2,1H3;2*3-5,9H,1-2H3;2-4H,1H3,(H2,9,10,11);2-4H,1H3. The third-order valence-corrected chi connectivity index (χ3v) is 24.1. The number of oxime groups is 2. The molecule has 1 aromatic heterocycles. The van der Waals surface area contributed by atoms with E-state index in [1.165, 1.54) is 81.4 Å². The molecule has 0 aliphatic carbocycles. The Morgan fingerprint density at radius 3 is 1.13 bits per heavy atom. The number of carbonyl (C=O) groups is 4. The molecule has 0 unspecified atom stereocenters. The van der Waals surface area contributed by atoms with E-state index < -0.39 is 41.5 Å². The number of rotatable bonds is 16. The number of methoxy groups -OCH3 is 4. The number of carbonyl (C=O) groups excluding carboxylic acids is 4. The number of hydrogen-bond donors (Lipinski definition) is 14. The minimum Gasteiger partial charge on any atom is -0.508 e. The van der Waals surface area contributed by atoms with Gasteiger partial charge < -0.3 is 90.2 Å². The largest absolute Gasteiger partial charge is 0.508 e. The number of nitrogens with one attached hydrogen (secondary N) is 1. The van der Waals surface area contributed by atoms with Crippen molar-refractivity contribution < 1.29 is 88.7 Å². The highest BCUT2D eigenvalue weighted by Crippen LogP contribution is 2.28. The van der Waals surface area contributed by atoms with Gasteiger partial charge in [0.15, 0.2) is 42.8 Å². The molecule has 13 aromatic carbocycles. The maximum Gasteiger partial charge on any atom is 0.249 e. The van der Waals surface area contributed by atoms with Gasteiger partial charge in [-0.05, 0) is 293 Å². The van der Waals surface area contributed by atoms with E-state index >= 15 is 0 Å². The second kappa shape index (κ2) is 67.8. The Morgan fingerprint density at radius 2 is 0.760 bits per heavy atom. The molecule has 14 rings (SSSR count). The fourth-order valence-corrected chi connectivity index (χ4v) is 15.2. The number of nitrogen functional groups attached to an aromatic ring is 1. The van der Waals surface area contributed by atoms with Gasteiger partial charge in [0.2, 0.25) is 33.7 Å². The number of primary sulfonamides is 1. The van der Waals surface area contributed by atoms with Crippen LogP contribution >= 0.6 is 34.8 Å². The number of nitrogens with two attached hydrogens (primary N) is 9. The number of phenolic OH excluding ortho intramolecular Hbond substituents is 3. The van der Waals surface area contributed by atoms with Crippen molar-refractivity contribution in [2.75, 3.05) is 48.1 Å². The Labute approximate surface area is 895 Å². The summed E-state index contributed by atoms with van der Waals surface area (Å²) in [6, 6.07) is 83.7. The van der Waals surface area contributed by atoms with Gasteiger partial charge in [0.25, 0.3) is 0 Å². The third kappa shape index (κ3) is 53.0. The predicted molar refractivity (Wildman–Crippen MR) is 601 cm³/mol. The minimum absolute atomic E-state index is 0.118. The smallest absolute Gasteiger partial charge is 0.249 e. The molecule has 0 saturated heterocycles. The average molecular weight is 2170 g/mol. The molecule has 14 aromatic rings. The molecule has 38 heteroatoms. The zero-order valence-corrected chi connectivity index (χ0v) is 92.4. The lowest BCUT2D eigenvalue weighted by Gasteiger charge is -2.05. The quantitative estimate of drug-likeness (QED) is 0.0185. The molecule has 0 spiro atoms. The lowest BCUT2D eigenvalue weighted by atomic mass is 10.1. The molecular weight excluding hydrogens is 2030 g/mol. The molecule has 4 amide bonds. The van der Waals surface area contributed by atoms with Crippen molar-refractivity contribution in [2.24, 2.45) is 61.3 Å². The molecule has 0 fully saturated rings. The van der Waals surface area contributed by atoms with E-state index in [1.807, 2.05) is 196 Å². The van der Waals surface area contributed by atoms with E-state index in [4.69, 9.17) is 131 Å². The van der Waals surface area contributed by atoms with Crippen molar-refractivity contribution in [3.63, 3.8) is 0 Å². The molecule has 1 heterocycles. The van der Waals surface area contributed by atoms with E-state index in [1.54, 1.807) is 151 Å². The van der Waals surface area contributed by atoms with Crippen molar-refractivity contribution in [1.82, 2.24) is 4.98 Å². The number of sulfone groups is 2. The number of halogens is 3. The number of benzene rings is 13. The first kappa shape index (κ1) is 132. The highest BCUT2D eigenvalue weighted by atomic mass is 35.5. The topological polar surface area (TPSA) is 593 Å². The highest BCUT2D eigenvalue weighted by Gasteiger charge is 2.15. The van der Waals surface area contributed by atoms with E-state index in [9.17, 15) is 44.4 Å². The second-order valence-electron chi connectivity index (χ2n) is 32.7. The number of primary amides is 4. The highest BCUT2D eigenvalue weighted by molar-refractivity contribution is 7.91. The van der Waals surface area contributed by atoms with Gasteiger partial charge in [-0.3, -0.25) is 29.6 Å². The van der Waals surface area contributed by atoms with Gasteiger partial charge in [-0.15, -0.1) is 0 Å². The van der Waals surface area contributed by atoms with Gasteiger partial charge in [-0.2, -0.15) is 0 Å². The number of amides is 4. The van der Waals surface area contributed by atoms with Crippen LogP contribution in [0.3, 0.4) is 0 Å². The third-order valence-electron chi connectivity index (χ3n) is 19.9. The summed E-state index contributed by atoms with van der Waals surface area (Å²) in [6.45, 7) is 26.8. The molecule has 32 nitrogen and oxygen atoms in total. The number of pyridine rings is 1. The predicted octanol–water partition coefficient (Wildman–Crippen LogP) is 19.4. The van der Waals surface area contributed by atoms with Crippen molar-refractivity contribution in [2.45, 2.75) is 118 Å². The van der Waals surface area contributed by atoms with Crippen LogP contribution in [-0.4, -0.2) is 140 Å². The van der Waals surface area contributed by atoms with E-state index in [-0.39, 0.29) is 45.6 Å². The summed E-state index contributed by atoms with van der Waals surface area (Å²) in [7, 11) is -2.22. The van der Waals surface area contributed by atoms with Gasteiger partial charge in [-0.25, -0.2) is 30.4 Å². The first-order valence-corrected chi connectivity index (χ1v) is 51.4. The van der Waals surface area contributed by atoms with E-state index in [0.29, 0.717) is 99.2 Å². The maximum absolute atomic E-state index is 11.3. The summed E-state index contributed by atoms with van der Waals surface area (Å²) >= 11 is 16.9. The SMILES string of the molecule is CON=C(N)c1cccc(C)c1.COc1ccc(C)c(C(N)=O)c1.COc1ccc(C)c(O)c1.COc1ccc(C)c(S(C)(=O)=O)c1.COc1ccc(C)cc1O.Cc1cc(C(N)=O)ccc1O.Cc1cc(Cl)ccc1S(C)(=O)=O.Cc1cc(Cl)ccc1S(N)(=O)=O.Cc1ccc(Cl)cn1.Cc1cccc(C(=N)N)c1.Cc1cccc(C(N)=NO)c1.Cc1cccc(C(N)=O)c1.Cc1cccc(CN)c1.Cc1ccccc1C(N)=O. The molecule has 0 radical (unpaired) electrons. The lowest BCUT2D eigenvalue weighted by Crippen LogP contribution is -2.13. The van der Waals surface area contributed by atoms with Crippen LogP contribution in [0.5, 0.6) is 40.2 Å². The summed E-state index contributed by atoms with van der Waals surface area (Å²) in [4.78, 5) is 52.0. The summed E-state index contributed by atoms with van der Waals surface area (Å²) < 4.78 is 86.2. The van der Waals surface area contributed by atoms with Crippen LogP contribution in [0.4, 0.5) is 0 Å². The first-order valence-electron chi connectivity index (χ1n) is 45.0. The van der Waals surface area contributed by atoms with Gasteiger partial charge in [0, 0.05) is 86.0 Å². The molecule has 0 saturated carbocycles. The van der Waals surface area contributed by atoms with Crippen LogP contribution in [0.2, 0.25) is 15.1 Å². The summed E-state index contributed by atoms with van der Waals surface area (Å²) in [5.74, 6) is 2.10. The Bertz CT molecular complexity index is 7030. The van der Waals surface area contributed by atoms with Crippen molar-refractivity contribution in [3.8, 4) is 40.2 Å². The van der Waals surface area contributed by atoms with Crippen molar-refractivity contribution in [3.05, 3.63) is 429 Å². The molecular formula is C112H136Cl3N13O19S3. The Balaban J connectivity index is 0.000000809. The van der Waals surface area contributed by atoms with E-state index in [2.05, 4.69) is 39.2 Å². The molecule has 0 aliphatic rings. The molecule has 150 heavy (non-hydrogen) atoms. The monoisotopic (exact) mass is 2170 g/mol. The maximum atomic E-state index is 11.3. The number of nitrogens with zero attached hydrogens (tertiary/aromatic N) is 3. The molecule has 0 aliphatic heterocycles. The minimum atomic E-state index is -3.61. The van der Waals surface area contributed by atoms with Gasteiger partial charge in [0.05, 0.1) is 48.1 Å². The number of sulfonamides is 1. The number of aryl methyl sites for hydroxylation is 14. The normalized spacial score (nSPS) is 10.2. The van der Waals surface area contributed by atoms with Crippen molar-refractivity contribution in [1.29, 1.82) is 5.41 Å². The van der Waals surface area contributed by atoms with E-state index in [0.717, 1.165) is 72.5 Å². The molecule has 802 valence electrons. The summed E-state index contributed by atoms with van der Waals surface area (Å²) in [6.07, 6.45) is 4.01. The van der Waals surface area contributed by atoms with Crippen LogP contribution in [0.25, 0.3) is 0 Å². The average Bonchev–Trinajstić information content (AvgIpc) is 0.901. The zero-order valence-electron chi connectivity index (χ0n) is 87.7. The fourth-order valence-electron chi connectivity index (χ4n) is 12.0. The number of aromatic hydroxyl groups is 3. The Morgan fingerprint density at radius 1 is 0.347 bits per heavy atom. The van der Waals surface area contributed by atoms with Gasteiger partial charge in [0.1, 0.15) is 41.7 Å². The number of aromatic nitrogens is 1. The van der Waals surface area contributed by atoms with Gasteiger partial charge >= 0.3 is 0 Å².